The molecule has 1 aliphatic rings. The van der Waals surface area contributed by atoms with E-state index in [4.69, 9.17) is 24.2 Å². The molecule has 0 amide bonds. The van der Waals surface area contributed by atoms with E-state index in [-0.39, 0.29) is 7.48 Å². The number of ether oxygens (including phenoxy) is 3. The van der Waals surface area contributed by atoms with Gasteiger partial charge in [-0.1, -0.05) is 24.3 Å². The van der Waals surface area contributed by atoms with E-state index in [0.717, 1.165) is 22.6 Å². The highest BCUT2D eigenvalue weighted by Crippen LogP contribution is 2.24. The van der Waals surface area contributed by atoms with E-state index < -0.39 is 0 Å². The molecule has 1 fully saturated rings. The van der Waals surface area contributed by atoms with Crippen molar-refractivity contribution in [2.75, 3.05) is 50.3 Å². The normalized spacial score (nSPS) is 13.6. The number of hydrogen-bond donors (Lipinski definition) is 1. The summed E-state index contributed by atoms with van der Waals surface area (Å²) in [6.45, 7) is 3.82. The van der Waals surface area contributed by atoms with Crippen molar-refractivity contribution in [3.05, 3.63) is 65.9 Å². The van der Waals surface area contributed by atoms with Gasteiger partial charge in [0, 0.05) is 37.8 Å². The van der Waals surface area contributed by atoms with Crippen LogP contribution >= 0.6 is 0 Å². The molecule has 0 aliphatic carbocycles. The monoisotopic (exact) mass is 488 g/mol. The van der Waals surface area contributed by atoms with Crippen LogP contribution in [0.15, 0.2) is 54.7 Å². The van der Waals surface area contributed by atoms with E-state index in [2.05, 4.69) is 14.9 Å². The molecule has 2 aromatic carbocycles. The van der Waals surface area contributed by atoms with Crippen molar-refractivity contribution in [1.82, 2.24) is 19.6 Å². The third kappa shape index (κ3) is 5.07. The molecule has 1 aliphatic heterocycles. The Bertz CT molecular complexity index is 1240. The summed E-state index contributed by atoms with van der Waals surface area (Å²) in [6, 6.07) is 16.0. The molecule has 0 bridgehead atoms. The zero-order valence-electron chi connectivity index (χ0n) is 20.5. The summed E-state index contributed by atoms with van der Waals surface area (Å²) < 4.78 is 17.9. The van der Waals surface area contributed by atoms with Crippen LogP contribution in [0.5, 0.6) is 11.5 Å². The van der Waals surface area contributed by atoms with Crippen molar-refractivity contribution < 1.29 is 19.2 Å². The first-order chi connectivity index (χ1) is 17.7. The second-order valence-electron chi connectivity index (χ2n) is 8.54. The Balaban J connectivity index is 1.58. The number of aromatic nitrogens is 4. The van der Waals surface area contributed by atoms with Gasteiger partial charge in [-0.3, -0.25) is 0 Å². The predicted octanol–water partition coefficient (Wildman–Crippen LogP) is 1.15. The molecule has 1 saturated heterocycles. The lowest BCUT2D eigenvalue weighted by atomic mass is 9.92. The molecule has 0 radical (unpaired) electrons. The zero-order chi connectivity index (χ0) is 24.9. The van der Waals surface area contributed by atoms with Crippen molar-refractivity contribution in [3.63, 3.8) is 0 Å². The largest absolute Gasteiger partial charge is 0.497 e. The van der Waals surface area contributed by atoms with Gasteiger partial charge in [-0.05, 0) is 35.4 Å². The van der Waals surface area contributed by atoms with Crippen molar-refractivity contribution in [2.45, 2.75) is 13.1 Å². The van der Waals surface area contributed by atoms with Gasteiger partial charge < -0.3 is 29.0 Å². The molecule has 0 saturated carbocycles. The van der Waals surface area contributed by atoms with Crippen LogP contribution in [0.2, 0.25) is 0 Å². The van der Waals surface area contributed by atoms with Crippen LogP contribution in [0.1, 0.15) is 11.1 Å². The zero-order valence-corrected chi connectivity index (χ0v) is 20.5. The maximum Gasteiger partial charge on any atom is 0.310 e. The smallest absolute Gasteiger partial charge is 0.310 e. The maximum atomic E-state index is 9.94. The molecule has 10 nitrogen and oxygen atoms in total. The number of nitrogens with zero attached hydrogens (tertiary/aromatic N) is 6. The molecule has 36 heavy (non-hydrogen) atoms. The molecule has 0 unspecified atom stereocenters. The maximum absolute atomic E-state index is 9.94. The second kappa shape index (κ2) is 10.8. The van der Waals surface area contributed by atoms with Crippen LogP contribution in [0.4, 0.5) is 11.9 Å². The van der Waals surface area contributed by atoms with E-state index in [1.807, 2.05) is 48.5 Å². The third-order valence-electron chi connectivity index (χ3n) is 6.22. The lowest BCUT2D eigenvalue weighted by Gasteiger charge is -2.29. The highest BCUT2D eigenvalue weighted by atomic mass is 16.5. The number of hydrogen-bond acceptors (Lipinski definition) is 9. The highest BCUT2D eigenvalue weighted by Gasteiger charge is 2.23. The Morgan fingerprint density at radius 1 is 0.917 bits per heavy atom. The van der Waals surface area contributed by atoms with Gasteiger partial charge in [0.1, 0.15) is 11.5 Å². The number of fused-ring (bicyclic) bond motifs is 1. The minimum Gasteiger partial charge on any atom is -0.497 e. The lowest BCUT2D eigenvalue weighted by molar-refractivity contribution is 0.122. The Morgan fingerprint density at radius 2 is 1.50 bits per heavy atom. The molecule has 0 spiro atoms. The molecule has 3 heterocycles. The number of benzene rings is 2. The topological polar surface area (TPSA) is 97.5 Å². The van der Waals surface area contributed by atoms with Crippen molar-refractivity contribution >= 4 is 30.5 Å². The average molecular weight is 488 g/mol. The fourth-order valence-electron chi connectivity index (χ4n) is 4.22. The van der Waals surface area contributed by atoms with Gasteiger partial charge in [0.05, 0.1) is 27.4 Å². The average Bonchev–Trinajstić information content (AvgIpc) is 3.36. The third-order valence-corrected chi connectivity index (χ3v) is 6.22. The molecule has 5 rings (SSSR count). The van der Waals surface area contributed by atoms with Gasteiger partial charge in [0.15, 0.2) is 5.65 Å². The van der Waals surface area contributed by atoms with Crippen LogP contribution in [0.3, 0.4) is 0 Å². The molecule has 0 atom stereocenters. The molecule has 11 heteroatoms. The Labute approximate surface area is 210 Å². The van der Waals surface area contributed by atoms with Crippen LogP contribution < -0.4 is 24.7 Å². The number of anilines is 2. The quantitative estimate of drug-likeness (QED) is 0.348. The number of methoxy groups -OCH3 is 2. The van der Waals surface area contributed by atoms with Gasteiger partial charge >= 0.3 is 7.48 Å². The molecule has 2 aromatic heterocycles. The Kier molecular flexibility index (Phi) is 7.19. The summed E-state index contributed by atoms with van der Waals surface area (Å²) in [7, 11) is 3.16. The van der Waals surface area contributed by atoms with Crippen LogP contribution in [-0.4, -0.2) is 72.6 Å². The van der Waals surface area contributed by atoms with Gasteiger partial charge in [-0.2, -0.15) is 19.6 Å². The number of rotatable bonds is 9. The first kappa shape index (κ1) is 23.9. The van der Waals surface area contributed by atoms with E-state index in [0.29, 0.717) is 62.4 Å². The van der Waals surface area contributed by atoms with Crippen LogP contribution in [0, 0.1) is 0 Å². The fourth-order valence-corrected chi connectivity index (χ4v) is 4.22. The predicted molar refractivity (Wildman–Crippen MR) is 139 cm³/mol. The number of morpholine rings is 1. The molecule has 4 aromatic rings. The molecular weight excluding hydrogens is 459 g/mol. The molecule has 186 valence electrons. The van der Waals surface area contributed by atoms with E-state index in [1.54, 1.807) is 24.9 Å². The Hall–Kier alpha value is -3.83. The van der Waals surface area contributed by atoms with Crippen LogP contribution in [0.25, 0.3) is 5.65 Å². The standard InChI is InChI=1S/C25H29BN6O4/c1-34-20-7-3-18(4-8-20)16-31(17-19-5-9-21(35-2)10-6-19)25-29-24(30-11-13-36-14-12-30)28-23-22(26-33)15-27-32(23)25/h3-10,15,26,33H,11-14,16-17H2,1-2H3. The Morgan fingerprint density at radius 3 is 2.03 bits per heavy atom. The minimum absolute atomic E-state index is 0.153. The van der Waals surface area contributed by atoms with Crippen molar-refractivity contribution in [1.29, 1.82) is 0 Å². The first-order valence-electron chi connectivity index (χ1n) is 11.9. The van der Waals surface area contributed by atoms with Gasteiger partial charge in [0.25, 0.3) is 0 Å². The SMILES string of the molecule is COc1ccc(CN(Cc2ccc(OC)cc2)c2nc(N3CCOCC3)nc3c(BO)cnn23)cc1. The fraction of sp³-hybridized carbons (Fsp3) is 0.320. The lowest BCUT2D eigenvalue weighted by Crippen LogP contribution is -2.38. The van der Waals surface area contributed by atoms with Gasteiger partial charge in [0.2, 0.25) is 11.9 Å². The summed E-state index contributed by atoms with van der Waals surface area (Å²) in [5.41, 5.74) is 3.44. The highest BCUT2D eigenvalue weighted by molar-refractivity contribution is 6.48. The minimum atomic E-state index is -0.153. The van der Waals surface area contributed by atoms with Crippen molar-refractivity contribution in [3.8, 4) is 11.5 Å². The summed E-state index contributed by atoms with van der Waals surface area (Å²) in [5.74, 6) is 2.86. The van der Waals surface area contributed by atoms with Crippen molar-refractivity contribution in [2.24, 2.45) is 0 Å². The summed E-state index contributed by atoms with van der Waals surface area (Å²) in [6.07, 6.45) is 1.65. The van der Waals surface area contributed by atoms with E-state index >= 15 is 0 Å². The van der Waals surface area contributed by atoms with E-state index in [1.165, 1.54) is 0 Å². The second-order valence-corrected chi connectivity index (χ2v) is 8.54. The summed E-state index contributed by atoms with van der Waals surface area (Å²) in [4.78, 5) is 14.0. The molecule has 1 N–H and O–H groups in total. The summed E-state index contributed by atoms with van der Waals surface area (Å²) >= 11 is 0. The van der Waals surface area contributed by atoms with Crippen LogP contribution in [-0.2, 0) is 17.8 Å². The van der Waals surface area contributed by atoms with Gasteiger partial charge in [-0.15, -0.1) is 0 Å². The first-order valence-corrected chi connectivity index (χ1v) is 11.9. The molecular formula is C25H29BN6O4. The van der Waals surface area contributed by atoms with E-state index in [9.17, 15) is 5.02 Å². The summed E-state index contributed by atoms with van der Waals surface area (Å²) in [5, 5.41) is 14.5. The van der Waals surface area contributed by atoms with Gasteiger partial charge in [-0.25, -0.2) is 0 Å².